The van der Waals surface area contributed by atoms with Crippen molar-refractivity contribution >= 4 is 34.5 Å². The lowest BCUT2D eigenvalue weighted by molar-refractivity contribution is 0.103. The Kier molecular flexibility index (Phi) is 9.03. The molecule has 2 unspecified atom stereocenters. The van der Waals surface area contributed by atoms with Crippen LogP contribution in [0.3, 0.4) is 0 Å². The zero-order valence-corrected chi connectivity index (χ0v) is 21.0. The summed E-state index contributed by atoms with van der Waals surface area (Å²) in [5.74, 6) is 5.58. The molecule has 0 radical (unpaired) electrons. The number of hydrogen-bond donors (Lipinski definition) is 1. The third kappa shape index (κ3) is 6.68. The fourth-order valence-electron chi connectivity index (χ4n) is 4.02. The van der Waals surface area contributed by atoms with Gasteiger partial charge in [0.2, 0.25) is 0 Å². The fourth-order valence-corrected chi connectivity index (χ4v) is 5.10. The van der Waals surface area contributed by atoms with E-state index >= 15 is 0 Å². The van der Waals surface area contributed by atoms with E-state index in [0.29, 0.717) is 26.3 Å². The van der Waals surface area contributed by atoms with Gasteiger partial charge in [0.15, 0.2) is 5.82 Å². The Hall–Kier alpha value is -2.76. The highest BCUT2D eigenvalue weighted by Crippen LogP contribution is 2.35. The maximum absolute atomic E-state index is 13.9. The first-order valence-corrected chi connectivity index (χ1v) is 12.5. The maximum atomic E-state index is 13.9. The SMILES string of the molecule is C=CC1=C(C#Cc2cc(C(=O)Nc3cc(F)c(=O)n(CC(F)F)c3)sc2Cl)CC(C(C)CC)CC1. The number of rotatable bonds is 7. The lowest BCUT2D eigenvalue weighted by atomic mass is 9.77. The average Bonchev–Trinajstić information content (AvgIpc) is 3.20. The Morgan fingerprint density at radius 2 is 2.14 bits per heavy atom. The monoisotopic (exact) mass is 522 g/mol. The molecule has 1 N–H and O–H groups in total. The molecule has 0 spiro atoms. The first kappa shape index (κ1) is 26.8. The predicted molar refractivity (Wildman–Crippen MR) is 135 cm³/mol. The van der Waals surface area contributed by atoms with E-state index in [1.807, 2.05) is 6.08 Å². The molecule has 3 rings (SSSR count). The quantitative estimate of drug-likeness (QED) is 0.402. The zero-order valence-electron chi connectivity index (χ0n) is 19.5. The molecule has 2 aromatic heterocycles. The first-order chi connectivity index (χ1) is 16.6. The Labute approximate surface area is 211 Å². The Morgan fingerprint density at radius 3 is 2.80 bits per heavy atom. The summed E-state index contributed by atoms with van der Waals surface area (Å²) < 4.78 is 40.1. The van der Waals surface area contributed by atoms with Crippen LogP contribution >= 0.6 is 22.9 Å². The zero-order chi connectivity index (χ0) is 25.7. The van der Waals surface area contributed by atoms with Crippen molar-refractivity contribution in [2.45, 2.75) is 52.5 Å². The van der Waals surface area contributed by atoms with Crippen LogP contribution in [0.4, 0.5) is 18.9 Å². The van der Waals surface area contributed by atoms with E-state index < -0.39 is 30.3 Å². The minimum atomic E-state index is -2.85. The van der Waals surface area contributed by atoms with E-state index in [1.54, 1.807) is 0 Å². The normalized spacial score (nSPS) is 16.6. The third-order valence-corrected chi connectivity index (χ3v) is 7.58. The molecule has 2 heterocycles. The molecule has 186 valence electrons. The van der Waals surface area contributed by atoms with Gasteiger partial charge in [-0.2, -0.15) is 0 Å². The van der Waals surface area contributed by atoms with Crippen molar-refractivity contribution in [3.05, 3.63) is 73.1 Å². The second-order valence-corrected chi connectivity index (χ2v) is 10.2. The summed E-state index contributed by atoms with van der Waals surface area (Å²) in [5.41, 5.74) is 1.33. The summed E-state index contributed by atoms with van der Waals surface area (Å²) in [7, 11) is 0. The van der Waals surface area contributed by atoms with Crippen molar-refractivity contribution in [3.8, 4) is 11.8 Å². The number of amides is 1. The van der Waals surface area contributed by atoms with Crippen molar-refractivity contribution in [1.29, 1.82) is 0 Å². The lowest BCUT2D eigenvalue weighted by Gasteiger charge is -2.28. The summed E-state index contributed by atoms with van der Waals surface area (Å²) in [6, 6.07) is 2.32. The maximum Gasteiger partial charge on any atom is 0.286 e. The number of hydrogen-bond acceptors (Lipinski definition) is 3. The molecule has 35 heavy (non-hydrogen) atoms. The molecule has 4 nitrogen and oxygen atoms in total. The predicted octanol–water partition coefficient (Wildman–Crippen LogP) is 6.90. The highest BCUT2D eigenvalue weighted by molar-refractivity contribution is 7.18. The Morgan fingerprint density at radius 1 is 1.40 bits per heavy atom. The van der Waals surface area contributed by atoms with Gasteiger partial charge in [0.1, 0.15) is 4.34 Å². The molecule has 1 aliphatic carbocycles. The fraction of sp³-hybridized carbons (Fsp3) is 0.385. The van der Waals surface area contributed by atoms with Crippen molar-refractivity contribution < 1.29 is 18.0 Å². The molecule has 1 amide bonds. The Balaban J connectivity index is 1.81. The number of carbonyl (C=O) groups excluding carboxylic acids is 1. The van der Waals surface area contributed by atoms with Crippen LogP contribution in [0.1, 0.15) is 54.8 Å². The van der Waals surface area contributed by atoms with Gasteiger partial charge in [0.05, 0.1) is 22.7 Å². The van der Waals surface area contributed by atoms with Gasteiger partial charge in [0.25, 0.3) is 17.9 Å². The molecule has 1 aliphatic rings. The second kappa shape index (κ2) is 11.8. The summed E-state index contributed by atoms with van der Waals surface area (Å²) in [6.45, 7) is 7.36. The summed E-state index contributed by atoms with van der Waals surface area (Å²) >= 11 is 7.32. The van der Waals surface area contributed by atoms with E-state index in [-0.39, 0.29) is 10.6 Å². The van der Waals surface area contributed by atoms with Crippen LogP contribution in [0.2, 0.25) is 4.34 Å². The minimum Gasteiger partial charge on any atom is -0.320 e. The number of thiophene rings is 1. The van der Waals surface area contributed by atoms with Gasteiger partial charge >= 0.3 is 0 Å². The van der Waals surface area contributed by atoms with E-state index in [4.69, 9.17) is 11.6 Å². The number of carbonyl (C=O) groups is 1. The molecule has 0 saturated carbocycles. The molecular weight excluding hydrogens is 497 g/mol. The standard InChI is InChI=1S/C26H26ClF3N2O2S/c1-4-15(3)17-7-6-16(5-2)18(10-17)8-9-19-11-22(35-24(19)27)25(33)31-20-12-21(28)26(34)32(13-20)14-23(29)30/h5,11-13,15,17,23H,2,4,6-7,10,14H2,1,3H3,(H,31,33). The molecule has 2 atom stereocenters. The van der Waals surface area contributed by atoms with E-state index in [9.17, 15) is 22.8 Å². The third-order valence-electron chi connectivity index (χ3n) is 6.23. The number of halogens is 4. The number of allylic oxidation sites excluding steroid dienone is 3. The summed E-state index contributed by atoms with van der Waals surface area (Å²) in [4.78, 5) is 24.6. The molecule has 9 heteroatoms. The number of anilines is 1. The van der Waals surface area contributed by atoms with Gasteiger partial charge in [-0.25, -0.2) is 13.2 Å². The van der Waals surface area contributed by atoms with Crippen molar-refractivity contribution in [1.82, 2.24) is 4.57 Å². The topological polar surface area (TPSA) is 51.1 Å². The van der Waals surface area contributed by atoms with Gasteiger partial charge in [0, 0.05) is 17.8 Å². The van der Waals surface area contributed by atoms with Crippen LogP contribution in [0, 0.1) is 29.5 Å². The van der Waals surface area contributed by atoms with Crippen LogP contribution in [-0.4, -0.2) is 16.9 Å². The molecule has 2 aromatic rings. The smallest absolute Gasteiger partial charge is 0.286 e. The highest BCUT2D eigenvalue weighted by atomic mass is 35.5. The molecule has 0 bridgehead atoms. The number of alkyl halides is 2. The first-order valence-electron chi connectivity index (χ1n) is 11.3. The van der Waals surface area contributed by atoms with Crippen molar-refractivity contribution in [2.24, 2.45) is 11.8 Å². The highest BCUT2D eigenvalue weighted by Gasteiger charge is 2.23. The van der Waals surface area contributed by atoms with Crippen LogP contribution in [-0.2, 0) is 6.54 Å². The van der Waals surface area contributed by atoms with Crippen LogP contribution < -0.4 is 10.9 Å². The molecule has 0 aliphatic heterocycles. The molecule has 0 saturated heterocycles. The van der Waals surface area contributed by atoms with Gasteiger partial charge in [-0.15, -0.1) is 11.3 Å². The van der Waals surface area contributed by atoms with Gasteiger partial charge < -0.3 is 9.88 Å². The van der Waals surface area contributed by atoms with Crippen LogP contribution in [0.15, 0.2) is 46.9 Å². The summed E-state index contributed by atoms with van der Waals surface area (Å²) in [5, 5.41) is 2.42. The van der Waals surface area contributed by atoms with Crippen molar-refractivity contribution in [3.63, 3.8) is 0 Å². The van der Waals surface area contributed by atoms with Crippen LogP contribution in [0.25, 0.3) is 0 Å². The number of aromatic nitrogens is 1. The second-order valence-electron chi connectivity index (χ2n) is 8.52. The summed E-state index contributed by atoms with van der Waals surface area (Å²) in [6.07, 6.45) is 3.99. The van der Waals surface area contributed by atoms with E-state index in [0.717, 1.165) is 60.4 Å². The lowest BCUT2D eigenvalue weighted by Crippen LogP contribution is -2.26. The van der Waals surface area contributed by atoms with Gasteiger partial charge in [-0.3, -0.25) is 9.59 Å². The van der Waals surface area contributed by atoms with E-state index in [2.05, 4.69) is 37.6 Å². The number of pyridine rings is 1. The average molecular weight is 523 g/mol. The number of nitrogens with one attached hydrogen (secondary N) is 1. The largest absolute Gasteiger partial charge is 0.320 e. The van der Waals surface area contributed by atoms with Crippen molar-refractivity contribution in [2.75, 3.05) is 5.32 Å². The van der Waals surface area contributed by atoms with E-state index in [1.165, 1.54) is 6.07 Å². The van der Waals surface area contributed by atoms with Gasteiger partial charge in [-0.05, 0) is 42.7 Å². The molecular formula is C26H26ClF3N2O2S. The van der Waals surface area contributed by atoms with Crippen LogP contribution in [0.5, 0.6) is 0 Å². The minimum absolute atomic E-state index is 0.121. The number of nitrogens with zero attached hydrogens (tertiary/aromatic N) is 1. The van der Waals surface area contributed by atoms with Gasteiger partial charge in [-0.1, -0.05) is 56.4 Å². The Bertz CT molecular complexity index is 1270. The molecule has 0 aromatic carbocycles. The molecule has 0 fully saturated rings.